The third-order valence-corrected chi connectivity index (χ3v) is 5.09. The summed E-state index contributed by atoms with van der Waals surface area (Å²) in [6, 6.07) is 9.87. The summed E-state index contributed by atoms with van der Waals surface area (Å²) in [6.07, 6.45) is 2.37. The molecule has 0 aliphatic carbocycles. The number of rotatable bonds is 8. The van der Waals surface area contributed by atoms with Crippen LogP contribution < -0.4 is 19.5 Å². The molecule has 0 aliphatic heterocycles. The van der Waals surface area contributed by atoms with Gasteiger partial charge in [-0.1, -0.05) is 0 Å². The Morgan fingerprint density at radius 2 is 1.78 bits per heavy atom. The standard InChI is InChI=1S/C24H19FN4O7/c1-29-18-8-7-16(34-2)9-17(18)21(20(29)23(32)33)36-19(30)12-35-24-26-10-13(11-27-24)22(31)28-15-5-3-14(25)4-6-15/h3-11H,12H2,1-2H3,(H,28,31)(H,32,33). The van der Waals surface area contributed by atoms with E-state index in [0.29, 0.717) is 22.3 Å². The second kappa shape index (κ2) is 10.1. The number of carboxylic acids is 1. The highest BCUT2D eigenvalue weighted by Crippen LogP contribution is 2.35. The van der Waals surface area contributed by atoms with Gasteiger partial charge in [-0.3, -0.25) is 4.79 Å². The zero-order chi connectivity index (χ0) is 25.8. The van der Waals surface area contributed by atoms with Gasteiger partial charge in [-0.15, -0.1) is 0 Å². The van der Waals surface area contributed by atoms with Gasteiger partial charge in [0.2, 0.25) is 0 Å². The van der Waals surface area contributed by atoms with Crippen LogP contribution in [0, 0.1) is 5.82 Å². The molecule has 2 aromatic heterocycles. The highest BCUT2D eigenvalue weighted by atomic mass is 19.1. The zero-order valence-electron chi connectivity index (χ0n) is 19.0. The Morgan fingerprint density at radius 3 is 2.42 bits per heavy atom. The number of benzene rings is 2. The Kier molecular flexibility index (Phi) is 6.77. The number of hydrogen-bond acceptors (Lipinski definition) is 8. The third-order valence-electron chi connectivity index (χ3n) is 5.09. The summed E-state index contributed by atoms with van der Waals surface area (Å²) in [5, 5.41) is 12.6. The molecule has 0 radical (unpaired) electrons. The maximum Gasteiger partial charge on any atom is 0.356 e. The molecule has 2 heterocycles. The minimum Gasteiger partial charge on any atom is -0.497 e. The number of carbonyl (C=O) groups excluding carboxylic acids is 2. The number of nitrogens with zero attached hydrogens (tertiary/aromatic N) is 3. The largest absolute Gasteiger partial charge is 0.497 e. The maximum atomic E-state index is 13.0. The first-order valence-corrected chi connectivity index (χ1v) is 10.4. The quantitative estimate of drug-likeness (QED) is 0.353. The van der Waals surface area contributed by atoms with E-state index in [-0.39, 0.29) is 23.0 Å². The second-order valence-corrected chi connectivity index (χ2v) is 7.40. The number of aromatic nitrogens is 3. The smallest absolute Gasteiger partial charge is 0.356 e. The number of esters is 1. The van der Waals surface area contributed by atoms with Crippen LogP contribution >= 0.6 is 0 Å². The molecule has 11 nitrogen and oxygen atoms in total. The van der Waals surface area contributed by atoms with Gasteiger partial charge in [0, 0.05) is 30.5 Å². The Labute approximate surface area is 203 Å². The first-order chi connectivity index (χ1) is 17.3. The maximum absolute atomic E-state index is 13.0. The fourth-order valence-corrected chi connectivity index (χ4v) is 3.37. The number of ether oxygens (including phenoxy) is 3. The Morgan fingerprint density at radius 1 is 1.08 bits per heavy atom. The molecular weight excluding hydrogens is 475 g/mol. The average molecular weight is 494 g/mol. The number of carboxylic acid groups (broad SMARTS) is 1. The van der Waals surface area contributed by atoms with Crippen molar-refractivity contribution in [1.82, 2.24) is 14.5 Å². The lowest BCUT2D eigenvalue weighted by Gasteiger charge is -2.07. The predicted molar refractivity (Wildman–Crippen MR) is 124 cm³/mol. The van der Waals surface area contributed by atoms with Crippen LogP contribution in [0.5, 0.6) is 17.5 Å². The van der Waals surface area contributed by atoms with Gasteiger partial charge in [0.05, 0.1) is 18.2 Å². The van der Waals surface area contributed by atoms with Crippen molar-refractivity contribution in [3.8, 4) is 17.5 Å². The van der Waals surface area contributed by atoms with Crippen molar-refractivity contribution in [3.05, 3.63) is 71.9 Å². The van der Waals surface area contributed by atoms with Crippen molar-refractivity contribution in [2.24, 2.45) is 7.05 Å². The predicted octanol–water partition coefficient (Wildman–Crippen LogP) is 3.05. The van der Waals surface area contributed by atoms with Crippen LogP contribution in [0.1, 0.15) is 20.8 Å². The summed E-state index contributed by atoms with van der Waals surface area (Å²) >= 11 is 0. The van der Waals surface area contributed by atoms with Crippen LogP contribution in [0.3, 0.4) is 0 Å². The molecule has 0 bridgehead atoms. The highest BCUT2D eigenvalue weighted by Gasteiger charge is 2.25. The highest BCUT2D eigenvalue weighted by molar-refractivity contribution is 6.04. The van der Waals surface area contributed by atoms with Crippen LogP contribution in [0.2, 0.25) is 0 Å². The number of carbonyl (C=O) groups is 3. The lowest BCUT2D eigenvalue weighted by atomic mass is 10.2. The molecule has 4 aromatic rings. The SMILES string of the molecule is COc1ccc2c(c1)c(OC(=O)COc1ncc(C(=O)Nc3ccc(F)cc3)cn1)c(C(=O)O)n2C. The molecule has 4 rings (SSSR count). The van der Waals surface area contributed by atoms with Gasteiger partial charge in [0.1, 0.15) is 11.6 Å². The lowest BCUT2D eigenvalue weighted by Crippen LogP contribution is -2.20. The van der Waals surface area contributed by atoms with Crippen molar-refractivity contribution < 1.29 is 38.1 Å². The summed E-state index contributed by atoms with van der Waals surface area (Å²) in [5.74, 6) is -2.84. The summed E-state index contributed by atoms with van der Waals surface area (Å²) in [7, 11) is 2.99. The number of methoxy groups -OCH3 is 1. The molecule has 0 saturated heterocycles. The number of fused-ring (bicyclic) bond motifs is 1. The molecular formula is C24H19FN4O7. The van der Waals surface area contributed by atoms with Gasteiger partial charge < -0.3 is 29.2 Å². The first-order valence-electron chi connectivity index (χ1n) is 10.4. The van der Waals surface area contributed by atoms with Crippen molar-refractivity contribution in [1.29, 1.82) is 0 Å². The minimum atomic E-state index is -1.28. The topological polar surface area (TPSA) is 142 Å². The molecule has 2 N–H and O–H groups in total. The molecule has 12 heteroatoms. The minimum absolute atomic E-state index is 0.102. The lowest BCUT2D eigenvalue weighted by molar-refractivity contribution is -0.136. The van der Waals surface area contributed by atoms with Gasteiger partial charge in [0.15, 0.2) is 18.1 Å². The van der Waals surface area contributed by atoms with Gasteiger partial charge in [0.25, 0.3) is 5.91 Å². The van der Waals surface area contributed by atoms with Crippen LogP contribution in [0.4, 0.5) is 10.1 Å². The molecule has 0 aliphatic rings. The summed E-state index contributed by atoms with van der Waals surface area (Å²) in [4.78, 5) is 44.3. The Bertz CT molecular complexity index is 1450. The number of halogens is 1. The molecule has 0 spiro atoms. The van der Waals surface area contributed by atoms with E-state index in [4.69, 9.17) is 14.2 Å². The molecule has 0 saturated carbocycles. The number of nitrogens with one attached hydrogen (secondary N) is 1. The van der Waals surface area contributed by atoms with Crippen LogP contribution in [-0.2, 0) is 11.8 Å². The van der Waals surface area contributed by atoms with Gasteiger partial charge in [-0.25, -0.2) is 23.9 Å². The first kappa shape index (κ1) is 24.1. The van der Waals surface area contributed by atoms with E-state index in [1.807, 2.05) is 0 Å². The molecule has 2 aromatic carbocycles. The van der Waals surface area contributed by atoms with E-state index in [1.165, 1.54) is 55.4 Å². The summed E-state index contributed by atoms with van der Waals surface area (Å²) in [5.41, 5.74) is 0.787. The van der Waals surface area contributed by atoms with Crippen molar-refractivity contribution in [3.63, 3.8) is 0 Å². The molecule has 0 unspecified atom stereocenters. The number of aromatic carboxylic acids is 1. The average Bonchev–Trinajstić information content (AvgIpc) is 3.15. The van der Waals surface area contributed by atoms with E-state index in [9.17, 15) is 23.9 Å². The monoisotopic (exact) mass is 494 g/mol. The van der Waals surface area contributed by atoms with Crippen LogP contribution in [0.25, 0.3) is 10.9 Å². The normalized spacial score (nSPS) is 10.6. The van der Waals surface area contributed by atoms with Crippen molar-refractivity contribution in [2.75, 3.05) is 19.0 Å². The fraction of sp³-hybridized carbons (Fsp3) is 0.125. The van der Waals surface area contributed by atoms with E-state index in [0.717, 1.165) is 0 Å². The van der Waals surface area contributed by atoms with E-state index < -0.39 is 30.3 Å². The molecule has 1 amide bonds. The molecule has 0 fully saturated rings. The van der Waals surface area contributed by atoms with Crippen LogP contribution in [-0.4, -0.2) is 51.2 Å². The van der Waals surface area contributed by atoms with Crippen LogP contribution in [0.15, 0.2) is 54.9 Å². The number of amides is 1. The molecule has 184 valence electrons. The van der Waals surface area contributed by atoms with Gasteiger partial charge in [-0.2, -0.15) is 0 Å². The summed E-state index contributed by atoms with van der Waals surface area (Å²) in [6.45, 7) is -0.624. The second-order valence-electron chi connectivity index (χ2n) is 7.40. The Balaban J connectivity index is 1.42. The van der Waals surface area contributed by atoms with E-state index in [1.54, 1.807) is 18.2 Å². The number of anilines is 1. The van der Waals surface area contributed by atoms with E-state index in [2.05, 4.69) is 15.3 Å². The van der Waals surface area contributed by atoms with E-state index >= 15 is 0 Å². The molecule has 0 atom stereocenters. The third kappa shape index (κ3) is 5.06. The Hall–Kier alpha value is -5.00. The van der Waals surface area contributed by atoms with Crippen molar-refractivity contribution in [2.45, 2.75) is 0 Å². The fourth-order valence-electron chi connectivity index (χ4n) is 3.37. The summed E-state index contributed by atoms with van der Waals surface area (Å²) < 4.78 is 30.1. The molecule has 36 heavy (non-hydrogen) atoms. The number of hydrogen-bond donors (Lipinski definition) is 2. The van der Waals surface area contributed by atoms with Gasteiger partial charge >= 0.3 is 17.9 Å². The number of aryl methyl sites for hydroxylation is 1. The van der Waals surface area contributed by atoms with Crippen molar-refractivity contribution >= 4 is 34.4 Å². The van der Waals surface area contributed by atoms with Gasteiger partial charge in [-0.05, 0) is 42.5 Å². The zero-order valence-corrected chi connectivity index (χ0v) is 19.0.